The number of aromatic nitrogens is 8. The molecule has 5 heterocycles. The van der Waals surface area contributed by atoms with Gasteiger partial charge in [-0.1, -0.05) is 115 Å². The number of fused-ring (bicyclic) bond motifs is 9. The van der Waals surface area contributed by atoms with Gasteiger partial charge in [-0.25, -0.2) is 19.9 Å². The summed E-state index contributed by atoms with van der Waals surface area (Å²) in [5.74, 6) is 0.514. The third-order valence-electron chi connectivity index (χ3n) is 10.9. The zero-order valence-electron chi connectivity index (χ0n) is 30.1. The van der Waals surface area contributed by atoms with Gasteiger partial charge in [0.15, 0.2) is 5.82 Å². The zero-order chi connectivity index (χ0) is 37.5. The van der Waals surface area contributed by atoms with Gasteiger partial charge in [-0.3, -0.25) is 4.98 Å². The molecule has 263 valence electrons. The van der Waals surface area contributed by atoms with Crippen molar-refractivity contribution in [1.82, 2.24) is 40.1 Å². The second-order valence-electron chi connectivity index (χ2n) is 14.2. The van der Waals surface area contributed by atoms with E-state index in [9.17, 15) is 0 Å². The van der Waals surface area contributed by atoms with Gasteiger partial charge in [0.1, 0.15) is 5.69 Å². The van der Waals surface area contributed by atoms with Crippen LogP contribution >= 0.6 is 0 Å². The molecule has 12 rings (SSSR count). The van der Waals surface area contributed by atoms with Gasteiger partial charge in [0, 0.05) is 72.2 Å². The first-order valence-corrected chi connectivity index (χ1v) is 18.7. The summed E-state index contributed by atoms with van der Waals surface area (Å²) in [7, 11) is 0. The maximum atomic E-state index is 5.59. The van der Waals surface area contributed by atoms with Crippen LogP contribution in [0.15, 0.2) is 158 Å². The molecular formula is C49H27N8. The fraction of sp³-hybridized carbons (Fsp3) is 0. The van der Waals surface area contributed by atoms with Crippen molar-refractivity contribution in [3.05, 3.63) is 164 Å². The first-order chi connectivity index (χ1) is 28.3. The summed E-state index contributed by atoms with van der Waals surface area (Å²) < 4.78 is 0. The van der Waals surface area contributed by atoms with Crippen molar-refractivity contribution in [2.24, 2.45) is 0 Å². The molecule has 0 atom stereocenters. The normalized spacial score (nSPS) is 11.9. The Morgan fingerprint density at radius 2 is 1.19 bits per heavy atom. The average Bonchev–Trinajstić information content (AvgIpc) is 3.67. The van der Waals surface area contributed by atoms with Crippen LogP contribution in [0.1, 0.15) is 0 Å². The minimum absolute atomic E-state index is 0.514. The topological polar surface area (TPSA) is 106 Å². The highest BCUT2D eigenvalue weighted by Gasteiger charge is 2.27. The van der Waals surface area contributed by atoms with Gasteiger partial charge in [0.25, 0.3) is 0 Å². The third kappa shape index (κ3) is 4.84. The highest BCUT2D eigenvalue weighted by molar-refractivity contribution is 6.21. The van der Waals surface area contributed by atoms with Crippen LogP contribution in [-0.2, 0) is 0 Å². The van der Waals surface area contributed by atoms with Crippen LogP contribution in [0.5, 0.6) is 0 Å². The van der Waals surface area contributed by atoms with Crippen LogP contribution in [0.25, 0.3) is 121 Å². The summed E-state index contributed by atoms with van der Waals surface area (Å²) in [5.41, 5.74) is 10.5. The average molecular weight is 728 g/mol. The molecule has 12 aromatic rings. The van der Waals surface area contributed by atoms with E-state index >= 15 is 0 Å². The van der Waals surface area contributed by atoms with Crippen molar-refractivity contribution in [2.75, 3.05) is 0 Å². The molecule has 57 heavy (non-hydrogen) atoms. The molecule has 0 unspecified atom stereocenters. The Hall–Kier alpha value is -7.97. The van der Waals surface area contributed by atoms with Crippen LogP contribution in [0.2, 0.25) is 0 Å². The molecule has 0 spiro atoms. The molecule has 0 aliphatic heterocycles. The second-order valence-corrected chi connectivity index (χ2v) is 14.2. The number of pyridine rings is 1. The SMILES string of the molecule is [c]1c(-c2cccc3c2[nH]c2ccccc23)c(-c2cnc3ccccc3n2)c(-c2ncc3ccccc3n2)c2nc(-c3nncc4ccccc34)c3ccccc3c12. The van der Waals surface area contributed by atoms with Crippen LogP contribution < -0.4 is 0 Å². The lowest BCUT2D eigenvalue weighted by molar-refractivity contribution is 1.05. The van der Waals surface area contributed by atoms with E-state index < -0.39 is 0 Å². The minimum Gasteiger partial charge on any atom is -0.354 e. The fourth-order valence-corrected chi connectivity index (χ4v) is 8.31. The third-order valence-corrected chi connectivity index (χ3v) is 10.9. The highest BCUT2D eigenvalue weighted by atomic mass is 15.1. The number of hydrogen-bond acceptors (Lipinski definition) is 7. The largest absolute Gasteiger partial charge is 0.354 e. The maximum absolute atomic E-state index is 5.59. The Labute approximate surface area is 324 Å². The molecule has 0 saturated heterocycles. The van der Waals surface area contributed by atoms with Gasteiger partial charge in [0.05, 0.1) is 56.9 Å². The number of hydrogen-bond donors (Lipinski definition) is 1. The molecule has 0 amide bonds. The Kier molecular flexibility index (Phi) is 6.76. The summed E-state index contributed by atoms with van der Waals surface area (Å²) >= 11 is 0. The Balaban J connectivity index is 1.31. The second kappa shape index (κ2) is 12.3. The number of nitrogens with zero attached hydrogens (tertiary/aromatic N) is 7. The molecular weight excluding hydrogens is 701 g/mol. The summed E-state index contributed by atoms with van der Waals surface area (Å²) in [6, 6.07) is 51.2. The Bertz CT molecular complexity index is 3610. The van der Waals surface area contributed by atoms with Gasteiger partial charge in [-0.15, -0.1) is 5.10 Å². The Morgan fingerprint density at radius 3 is 2.09 bits per heavy atom. The maximum Gasteiger partial charge on any atom is 0.162 e. The summed E-state index contributed by atoms with van der Waals surface area (Å²) in [4.78, 5) is 29.9. The highest BCUT2D eigenvalue weighted by Crippen LogP contribution is 2.47. The zero-order valence-corrected chi connectivity index (χ0v) is 30.1. The summed E-state index contributed by atoms with van der Waals surface area (Å²) in [5, 5.41) is 17.0. The van der Waals surface area contributed by atoms with E-state index in [1.165, 1.54) is 0 Å². The predicted octanol–water partition coefficient (Wildman–Crippen LogP) is 11.3. The molecule has 1 N–H and O–H groups in total. The molecule has 8 heteroatoms. The molecule has 7 aromatic carbocycles. The van der Waals surface area contributed by atoms with E-state index in [4.69, 9.17) is 30.0 Å². The number of nitrogens with one attached hydrogen (secondary N) is 1. The van der Waals surface area contributed by atoms with Crippen molar-refractivity contribution < 1.29 is 0 Å². The van der Waals surface area contributed by atoms with Crippen LogP contribution in [-0.4, -0.2) is 40.1 Å². The first kappa shape index (κ1) is 31.4. The number of aromatic amines is 1. The smallest absolute Gasteiger partial charge is 0.162 e. The van der Waals surface area contributed by atoms with Gasteiger partial charge in [0.2, 0.25) is 0 Å². The van der Waals surface area contributed by atoms with Crippen molar-refractivity contribution in [3.63, 3.8) is 0 Å². The lowest BCUT2D eigenvalue weighted by Gasteiger charge is -2.20. The van der Waals surface area contributed by atoms with E-state index in [0.29, 0.717) is 28.4 Å². The molecule has 1 radical (unpaired) electrons. The fourth-order valence-electron chi connectivity index (χ4n) is 8.31. The molecule has 8 nitrogen and oxygen atoms in total. The van der Waals surface area contributed by atoms with E-state index in [2.05, 4.69) is 82.9 Å². The van der Waals surface area contributed by atoms with Crippen LogP contribution in [0.4, 0.5) is 0 Å². The van der Waals surface area contributed by atoms with Crippen LogP contribution in [0.3, 0.4) is 0 Å². The van der Waals surface area contributed by atoms with Gasteiger partial charge >= 0.3 is 0 Å². The standard InChI is InChI=1S/C49H27N8/c1-3-14-30-28(12-1)26-52-57-48(30)47-33-17-5-4-15-31(33)37-24-36(35-19-11-18-34-32-16-6-8-21-39(32)54-45(34)35)43(42-27-50-40-22-9-10-23-41(40)53-42)44(46(37)56-47)49-51-25-29-13-2-7-20-38(29)55-49/h1-23,25-27,54H. The molecule has 5 aromatic heterocycles. The number of para-hydroxylation sites is 5. The quantitative estimate of drug-likeness (QED) is 0.180. The van der Waals surface area contributed by atoms with Gasteiger partial charge in [-0.05, 0) is 29.7 Å². The van der Waals surface area contributed by atoms with Crippen LogP contribution in [0, 0.1) is 6.07 Å². The van der Waals surface area contributed by atoms with Crippen molar-refractivity contribution in [1.29, 1.82) is 0 Å². The molecule has 0 fully saturated rings. The van der Waals surface area contributed by atoms with Crippen molar-refractivity contribution in [2.45, 2.75) is 0 Å². The summed E-state index contributed by atoms with van der Waals surface area (Å²) in [6.45, 7) is 0. The monoisotopic (exact) mass is 727 g/mol. The molecule has 0 aliphatic rings. The molecule has 0 aliphatic carbocycles. The Morgan fingerprint density at radius 1 is 0.474 bits per heavy atom. The first-order valence-electron chi connectivity index (χ1n) is 18.7. The number of rotatable bonds is 4. The van der Waals surface area contributed by atoms with Gasteiger partial charge < -0.3 is 4.98 Å². The van der Waals surface area contributed by atoms with Crippen molar-refractivity contribution >= 4 is 76.2 Å². The van der Waals surface area contributed by atoms with E-state index in [0.717, 1.165) is 92.9 Å². The van der Waals surface area contributed by atoms with Gasteiger partial charge in [-0.2, -0.15) is 5.10 Å². The summed E-state index contributed by atoms with van der Waals surface area (Å²) in [6.07, 6.45) is 5.51. The number of H-pyrrole nitrogens is 1. The predicted molar refractivity (Wildman–Crippen MR) is 228 cm³/mol. The van der Waals surface area contributed by atoms with E-state index in [-0.39, 0.29) is 0 Å². The molecule has 0 saturated carbocycles. The lowest BCUT2D eigenvalue weighted by Crippen LogP contribution is -2.02. The lowest BCUT2D eigenvalue weighted by atomic mass is 9.87. The van der Waals surface area contributed by atoms with Crippen molar-refractivity contribution in [3.8, 4) is 45.2 Å². The minimum atomic E-state index is 0.514. The van der Waals surface area contributed by atoms with E-state index in [1.54, 1.807) is 6.20 Å². The number of benzene rings is 7. The van der Waals surface area contributed by atoms with E-state index in [1.807, 2.05) is 85.2 Å². The molecule has 0 bridgehead atoms.